The number of benzene rings is 2. The predicted octanol–water partition coefficient (Wildman–Crippen LogP) is 4.26. The van der Waals surface area contributed by atoms with Crippen molar-refractivity contribution in [3.8, 4) is 11.5 Å². The summed E-state index contributed by atoms with van der Waals surface area (Å²) in [4.78, 5) is 14.7. The number of nitrogens with zero attached hydrogens (tertiary/aromatic N) is 1. The fraction of sp³-hybridized carbons (Fsp3) is 0.318. The zero-order valence-electron chi connectivity index (χ0n) is 16.1. The van der Waals surface area contributed by atoms with Crippen LogP contribution in [-0.2, 0) is 4.79 Å². The molecule has 1 heterocycles. The van der Waals surface area contributed by atoms with Gasteiger partial charge in [-0.25, -0.2) is 0 Å². The fourth-order valence-corrected chi connectivity index (χ4v) is 3.37. The number of carbonyl (C=O) groups is 1. The second kappa shape index (κ2) is 8.62. The molecule has 3 rings (SSSR count). The maximum Gasteiger partial charge on any atom is 0.248 e. The summed E-state index contributed by atoms with van der Waals surface area (Å²) in [6.07, 6.45) is 5.72. The van der Waals surface area contributed by atoms with Gasteiger partial charge in [0.2, 0.25) is 5.91 Å². The number of aryl methyl sites for hydroxylation is 1. The lowest BCUT2D eigenvalue weighted by Gasteiger charge is -2.20. The minimum atomic E-state index is -0.187. The van der Waals surface area contributed by atoms with Gasteiger partial charge >= 0.3 is 0 Å². The average molecular weight is 366 g/mol. The molecule has 0 saturated carbocycles. The van der Waals surface area contributed by atoms with Gasteiger partial charge in [0.25, 0.3) is 0 Å². The van der Waals surface area contributed by atoms with Crippen LogP contribution in [0.4, 0.5) is 11.4 Å². The van der Waals surface area contributed by atoms with Gasteiger partial charge in [-0.1, -0.05) is 0 Å². The number of hydrogen-bond donors (Lipinski definition) is 1. The van der Waals surface area contributed by atoms with E-state index in [-0.39, 0.29) is 5.91 Å². The van der Waals surface area contributed by atoms with Crippen LogP contribution in [0, 0.1) is 6.92 Å². The third-order valence-electron chi connectivity index (χ3n) is 4.76. The van der Waals surface area contributed by atoms with Crippen molar-refractivity contribution in [1.82, 2.24) is 0 Å². The second-order valence-electron chi connectivity index (χ2n) is 6.63. The molecule has 0 aliphatic carbocycles. The van der Waals surface area contributed by atoms with Gasteiger partial charge in [0, 0.05) is 36.1 Å². The van der Waals surface area contributed by atoms with E-state index in [0.717, 1.165) is 24.3 Å². The summed E-state index contributed by atoms with van der Waals surface area (Å²) in [5, 5.41) is 2.92. The number of amides is 1. The van der Waals surface area contributed by atoms with Crippen LogP contribution in [-0.4, -0.2) is 33.2 Å². The summed E-state index contributed by atoms with van der Waals surface area (Å²) >= 11 is 0. The van der Waals surface area contributed by atoms with Crippen molar-refractivity contribution in [2.75, 3.05) is 37.5 Å². The van der Waals surface area contributed by atoms with Crippen molar-refractivity contribution >= 4 is 23.4 Å². The molecule has 5 nitrogen and oxygen atoms in total. The highest BCUT2D eigenvalue weighted by Gasteiger charge is 2.14. The smallest absolute Gasteiger partial charge is 0.248 e. The highest BCUT2D eigenvalue weighted by atomic mass is 16.5. The Balaban J connectivity index is 1.69. The lowest BCUT2D eigenvalue weighted by atomic mass is 10.1. The van der Waals surface area contributed by atoms with E-state index in [2.05, 4.69) is 23.2 Å². The number of anilines is 2. The van der Waals surface area contributed by atoms with Crippen molar-refractivity contribution in [3.63, 3.8) is 0 Å². The molecule has 0 spiro atoms. The highest BCUT2D eigenvalue weighted by molar-refractivity contribution is 6.02. The van der Waals surface area contributed by atoms with Crippen molar-refractivity contribution in [2.45, 2.75) is 19.8 Å². The Hall–Kier alpha value is -2.95. The third kappa shape index (κ3) is 4.61. The summed E-state index contributed by atoms with van der Waals surface area (Å²) in [5.74, 6) is 1.21. The predicted molar refractivity (Wildman–Crippen MR) is 110 cm³/mol. The van der Waals surface area contributed by atoms with Gasteiger partial charge in [0.1, 0.15) is 11.5 Å². The molecule has 0 aromatic heterocycles. The maximum atomic E-state index is 12.3. The van der Waals surface area contributed by atoms with Crippen molar-refractivity contribution in [2.24, 2.45) is 0 Å². The Bertz CT molecular complexity index is 839. The number of carbonyl (C=O) groups excluding carboxylic acids is 1. The van der Waals surface area contributed by atoms with Crippen LogP contribution in [0.2, 0.25) is 0 Å². The molecule has 1 amide bonds. The van der Waals surface area contributed by atoms with E-state index in [1.165, 1.54) is 30.2 Å². The molecule has 1 aliphatic rings. The van der Waals surface area contributed by atoms with Crippen LogP contribution in [0.25, 0.3) is 6.08 Å². The first-order valence-corrected chi connectivity index (χ1v) is 9.17. The number of methoxy groups -OCH3 is 2. The lowest BCUT2D eigenvalue weighted by Crippen LogP contribution is -2.18. The van der Waals surface area contributed by atoms with Gasteiger partial charge in [-0.15, -0.1) is 0 Å². The Morgan fingerprint density at radius 3 is 2.52 bits per heavy atom. The van der Waals surface area contributed by atoms with Crippen molar-refractivity contribution in [1.29, 1.82) is 0 Å². The van der Waals surface area contributed by atoms with E-state index in [0.29, 0.717) is 11.5 Å². The molecule has 27 heavy (non-hydrogen) atoms. The highest BCUT2D eigenvalue weighted by Crippen LogP contribution is 2.27. The zero-order chi connectivity index (χ0) is 19.2. The summed E-state index contributed by atoms with van der Waals surface area (Å²) in [5.41, 5.74) is 4.01. The molecule has 1 aliphatic heterocycles. The Morgan fingerprint density at radius 1 is 1.07 bits per heavy atom. The molecular weight excluding hydrogens is 340 g/mol. The van der Waals surface area contributed by atoms with Crippen molar-refractivity contribution < 1.29 is 14.3 Å². The van der Waals surface area contributed by atoms with E-state index >= 15 is 0 Å². The molecule has 0 atom stereocenters. The molecule has 5 heteroatoms. The van der Waals surface area contributed by atoms with Crippen LogP contribution in [0.3, 0.4) is 0 Å². The van der Waals surface area contributed by atoms with Crippen molar-refractivity contribution in [3.05, 3.63) is 53.6 Å². The SMILES string of the molecule is COc1ccc(OC)c(/C=C/C(=O)Nc2ccc(N3CCCC3)c(C)c2)c1. The van der Waals surface area contributed by atoms with E-state index < -0.39 is 0 Å². The molecule has 2 aromatic carbocycles. The van der Waals surface area contributed by atoms with Crippen LogP contribution < -0.4 is 19.7 Å². The summed E-state index contributed by atoms with van der Waals surface area (Å²) in [7, 11) is 3.21. The monoisotopic (exact) mass is 366 g/mol. The normalized spacial score (nSPS) is 13.8. The topological polar surface area (TPSA) is 50.8 Å². The van der Waals surface area contributed by atoms with E-state index in [9.17, 15) is 4.79 Å². The van der Waals surface area contributed by atoms with Gasteiger partial charge in [-0.05, 0) is 67.8 Å². The molecule has 1 saturated heterocycles. The molecule has 1 N–H and O–H groups in total. The molecule has 2 aromatic rings. The second-order valence-corrected chi connectivity index (χ2v) is 6.63. The summed E-state index contributed by atoms with van der Waals surface area (Å²) < 4.78 is 10.6. The third-order valence-corrected chi connectivity index (χ3v) is 4.76. The van der Waals surface area contributed by atoms with Crippen LogP contribution >= 0.6 is 0 Å². The van der Waals surface area contributed by atoms with E-state index in [4.69, 9.17) is 9.47 Å². The molecule has 142 valence electrons. The van der Waals surface area contributed by atoms with Gasteiger partial charge in [0.15, 0.2) is 0 Å². The average Bonchev–Trinajstić information content (AvgIpc) is 3.20. The van der Waals surface area contributed by atoms with Crippen LogP contribution in [0.1, 0.15) is 24.0 Å². The van der Waals surface area contributed by atoms with E-state index in [1.54, 1.807) is 20.3 Å². The minimum Gasteiger partial charge on any atom is -0.497 e. The van der Waals surface area contributed by atoms with Gasteiger partial charge in [-0.2, -0.15) is 0 Å². The zero-order valence-corrected chi connectivity index (χ0v) is 16.1. The Labute approximate surface area is 160 Å². The molecule has 0 radical (unpaired) electrons. The molecule has 0 bridgehead atoms. The molecule has 1 fully saturated rings. The molecule has 0 unspecified atom stereocenters. The largest absolute Gasteiger partial charge is 0.497 e. The number of ether oxygens (including phenoxy) is 2. The van der Waals surface area contributed by atoms with Gasteiger partial charge in [-0.3, -0.25) is 4.79 Å². The van der Waals surface area contributed by atoms with Gasteiger partial charge < -0.3 is 19.7 Å². The Kier molecular flexibility index (Phi) is 6.01. The van der Waals surface area contributed by atoms with E-state index in [1.807, 2.05) is 30.3 Å². The quantitative estimate of drug-likeness (QED) is 0.776. The fourth-order valence-electron chi connectivity index (χ4n) is 3.37. The summed E-state index contributed by atoms with van der Waals surface area (Å²) in [6, 6.07) is 11.5. The first-order valence-electron chi connectivity index (χ1n) is 9.17. The molecular formula is C22H26N2O3. The Morgan fingerprint density at radius 2 is 1.85 bits per heavy atom. The number of rotatable bonds is 6. The summed E-state index contributed by atoms with van der Waals surface area (Å²) in [6.45, 7) is 4.30. The standard InChI is InChI=1S/C22H26N2O3/c1-16-14-18(7-9-20(16)24-12-4-5-13-24)23-22(25)11-6-17-15-19(26-2)8-10-21(17)27-3/h6-11,14-15H,4-5,12-13H2,1-3H3,(H,23,25)/b11-6+. The van der Waals surface area contributed by atoms with Crippen LogP contribution in [0.5, 0.6) is 11.5 Å². The lowest BCUT2D eigenvalue weighted by molar-refractivity contribution is -0.111. The first-order chi connectivity index (χ1) is 13.1. The number of hydrogen-bond acceptors (Lipinski definition) is 4. The van der Waals surface area contributed by atoms with Crippen LogP contribution in [0.15, 0.2) is 42.5 Å². The maximum absolute atomic E-state index is 12.3. The number of nitrogens with one attached hydrogen (secondary N) is 1. The first kappa shape index (κ1) is 18.8. The minimum absolute atomic E-state index is 0.187. The van der Waals surface area contributed by atoms with Gasteiger partial charge in [0.05, 0.1) is 14.2 Å².